The van der Waals surface area contributed by atoms with E-state index in [-0.39, 0.29) is 17.1 Å². The van der Waals surface area contributed by atoms with Crippen molar-refractivity contribution < 1.29 is 0 Å². The van der Waals surface area contributed by atoms with Crippen LogP contribution in [-0.2, 0) is 12.1 Å². The van der Waals surface area contributed by atoms with E-state index in [1.54, 1.807) is 9.25 Å². The largest absolute Gasteiger partial charge is 0.346 e. The maximum Gasteiger partial charge on any atom is 0.346 e. The van der Waals surface area contributed by atoms with Crippen LogP contribution in [0.5, 0.6) is 0 Å². The van der Waals surface area contributed by atoms with Gasteiger partial charge in [0.05, 0.1) is 12.1 Å². The Hall–Kier alpha value is -3.55. The van der Waals surface area contributed by atoms with Crippen LogP contribution >= 0.6 is 0 Å². The molecule has 0 fully saturated rings. The summed E-state index contributed by atoms with van der Waals surface area (Å²) in [6, 6.07) is 16.2. The van der Waals surface area contributed by atoms with E-state index in [1.807, 2.05) is 57.2 Å². The molecule has 2 aromatic carbocycles. The first-order chi connectivity index (χ1) is 14.8. The molecule has 0 saturated heterocycles. The Balaban J connectivity index is 1.67. The van der Waals surface area contributed by atoms with Crippen LogP contribution in [0, 0.1) is 0 Å². The van der Waals surface area contributed by atoms with Gasteiger partial charge in [-0.2, -0.15) is 10.3 Å². The fraction of sp³-hybridized carbons (Fsp3) is 0.348. The van der Waals surface area contributed by atoms with E-state index in [0.717, 1.165) is 28.1 Å². The molecule has 8 nitrogen and oxygen atoms in total. The zero-order chi connectivity index (χ0) is 22.2. The highest BCUT2D eigenvalue weighted by Crippen LogP contribution is 2.29. The maximum atomic E-state index is 13.1. The summed E-state index contributed by atoms with van der Waals surface area (Å²) >= 11 is 0. The smallest absolute Gasteiger partial charge is 0.274 e. The van der Waals surface area contributed by atoms with E-state index in [4.69, 9.17) is 0 Å². The van der Waals surface area contributed by atoms with Gasteiger partial charge in [0.2, 0.25) is 5.82 Å². The number of hydrogen-bond acceptors (Lipinski definition) is 5. The van der Waals surface area contributed by atoms with E-state index < -0.39 is 0 Å². The predicted octanol–water partition coefficient (Wildman–Crippen LogP) is 3.82. The topological polar surface area (TPSA) is 94.3 Å². The number of H-pyrrole nitrogens is 1. The molecule has 1 N–H and O–H groups in total. The molecule has 0 spiro atoms. The summed E-state index contributed by atoms with van der Waals surface area (Å²) in [5, 5.41) is 19.0. The summed E-state index contributed by atoms with van der Waals surface area (Å²) < 4.78 is 3.36. The molecule has 0 bridgehead atoms. The highest BCUT2D eigenvalue weighted by molar-refractivity contribution is 5.80. The SMILES string of the molecule is CC(C)c1nn(C(C)(C)C)c(=O)n1Cc1ccc(-c2ccccc2-c2nn[nH]n2)cc1. The summed E-state index contributed by atoms with van der Waals surface area (Å²) in [5.74, 6) is 1.51. The van der Waals surface area contributed by atoms with Crippen LogP contribution in [0.3, 0.4) is 0 Å². The third kappa shape index (κ3) is 4.05. The predicted molar refractivity (Wildman–Crippen MR) is 120 cm³/mol. The Labute approximate surface area is 180 Å². The van der Waals surface area contributed by atoms with Crippen molar-refractivity contribution in [3.8, 4) is 22.5 Å². The highest BCUT2D eigenvalue weighted by Gasteiger charge is 2.23. The molecule has 4 rings (SSSR count). The van der Waals surface area contributed by atoms with Crippen LogP contribution < -0.4 is 5.69 Å². The number of tetrazole rings is 1. The number of nitrogens with one attached hydrogen (secondary N) is 1. The fourth-order valence-corrected chi connectivity index (χ4v) is 3.60. The third-order valence-electron chi connectivity index (χ3n) is 5.16. The Morgan fingerprint density at radius 1 is 1.00 bits per heavy atom. The second-order valence-corrected chi connectivity index (χ2v) is 8.94. The first kappa shape index (κ1) is 20.7. The third-order valence-corrected chi connectivity index (χ3v) is 5.16. The number of aromatic amines is 1. The standard InChI is InChI=1S/C23H27N7O/c1-15(2)21-26-30(23(3,4)5)22(31)29(21)14-16-10-12-17(13-11-16)18-8-6-7-9-19(18)20-24-27-28-25-20/h6-13,15H,14H2,1-5H3,(H,24,25,27,28). The van der Waals surface area contributed by atoms with E-state index in [2.05, 4.69) is 51.7 Å². The summed E-state index contributed by atoms with van der Waals surface area (Å²) in [6.45, 7) is 10.6. The van der Waals surface area contributed by atoms with Crippen LogP contribution in [0.15, 0.2) is 53.3 Å². The zero-order valence-electron chi connectivity index (χ0n) is 18.5. The molecule has 2 heterocycles. The van der Waals surface area contributed by atoms with E-state index in [9.17, 15) is 4.79 Å². The second kappa shape index (κ2) is 7.94. The molecule has 2 aromatic heterocycles. The summed E-state index contributed by atoms with van der Waals surface area (Å²) in [6.07, 6.45) is 0. The van der Waals surface area contributed by atoms with Gasteiger partial charge in [-0.15, -0.1) is 10.2 Å². The Kier molecular flexibility index (Phi) is 5.31. The zero-order valence-corrected chi connectivity index (χ0v) is 18.5. The molecule has 31 heavy (non-hydrogen) atoms. The molecule has 8 heteroatoms. The molecule has 0 saturated carbocycles. The van der Waals surface area contributed by atoms with Crippen LogP contribution in [0.4, 0.5) is 0 Å². The van der Waals surface area contributed by atoms with Crippen molar-refractivity contribution in [2.24, 2.45) is 0 Å². The lowest BCUT2D eigenvalue weighted by Gasteiger charge is -2.17. The lowest BCUT2D eigenvalue weighted by molar-refractivity contribution is 0.339. The second-order valence-electron chi connectivity index (χ2n) is 8.94. The number of hydrogen-bond donors (Lipinski definition) is 1. The van der Waals surface area contributed by atoms with Crippen LogP contribution in [-0.4, -0.2) is 35.0 Å². The van der Waals surface area contributed by atoms with Gasteiger partial charge in [0.25, 0.3) is 0 Å². The molecule has 0 aliphatic rings. The first-order valence-corrected chi connectivity index (χ1v) is 10.4. The fourth-order valence-electron chi connectivity index (χ4n) is 3.60. The van der Waals surface area contributed by atoms with Crippen LogP contribution in [0.25, 0.3) is 22.5 Å². The van der Waals surface area contributed by atoms with Crippen LogP contribution in [0.2, 0.25) is 0 Å². The van der Waals surface area contributed by atoms with Crippen molar-refractivity contribution in [2.75, 3.05) is 0 Å². The lowest BCUT2D eigenvalue weighted by atomic mass is 9.98. The van der Waals surface area contributed by atoms with Gasteiger partial charge >= 0.3 is 5.69 Å². The minimum absolute atomic E-state index is 0.0808. The molecule has 0 atom stereocenters. The molecule has 0 radical (unpaired) electrons. The summed E-state index contributed by atoms with van der Waals surface area (Å²) in [7, 11) is 0. The summed E-state index contributed by atoms with van der Waals surface area (Å²) in [4.78, 5) is 13.1. The minimum Gasteiger partial charge on any atom is -0.274 e. The number of nitrogens with zero attached hydrogens (tertiary/aromatic N) is 6. The van der Waals surface area contributed by atoms with Gasteiger partial charge in [-0.25, -0.2) is 9.48 Å². The molecular formula is C23H27N7O. The number of rotatable bonds is 5. The van der Waals surface area contributed by atoms with Crippen molar-refractivity contribution in [3.63, 3.8) is 0 Å². The Morgan fingerprint density at radius 3 is 2.26 bits per heavy atom. The van der Waals surface area contributed by atoms with Crippen molar-refractivity contribution in [1.82, 2.24) is 35.0 Å². The quantitative estimate of drug-likeness (QED) is 0.533. The Morgan fingerprint density at radius 2 is 1.68 bits per heavy atom. The molecule has 160 valence electrons. The normalized spacial score (nSPS) is 11.9. The Bertz CT molecular complexity index is 1230. The van der Waals surface area contributed by atoms with Gasteiger partial charge in [-0.1, -0.05) is 62.4 Å². The van der Waals surface area contributed by atoms with Gasteiger partial charge in [-0.05, 0) is 42.7 Å². The highest BCUT2D eigenvalue weighted by atomic mass is 16.2. The molecule has 0 unspecified atom stereocenters. The summed E-state index contributed by atoms with van der Waals surface area (Å²) in [5.41, 5.74) is 3.58. The van der Waals surface area contributed by atoms with Crippen molar-refractivity contribution in [1.29, 1.82) is 0 Å². The van der Waals surface area contributed by atoms with Gasteiger partial charge in [-0.3, -0.25) is 4.57 Å². The average molecular weight is 418 g/mol. The average Bonchev–Trinajstić information content (AvgIpc) is 3.37. The lowest BCUT2D eigenvalue weighted by Crippen LogP contribution is -2.36. The molecule has 0 aliphatic heterocycles. The van der Waals surface area contributed by atoms with E-state index >= 15 is 0 Å². The molecular weight excluding hydrogens is 390 g/mol. The van der Waals surface area contributed by atoms with Gasteiger partial charge in [0, 0.05) is 11.5 Å². The number of benzene rings is 2. The van der Waals surface area contributed by atoms with Crippen LogP contribution in [0.1, 0.15) is 51.9 Å². The molecule has 4 aromatic rings. The number of aromatic nitrogens is 7. The minimum atomic E-state index is -0.366. The van der Waals surface area contributed by atoms with E-state index in [0.29, 0.717) is 12.4 Å². The van der Waals surface area contributed by atoms with Gasteiger partial charge in [0.1, 0.15) is 5.82 Å². The van der Waals surface area contributed by atoms with Crippen molar-refractivity contribution in [2.45, 2.75) is 52.6 Å². The molecule has 0 amide bonds. The van der Waals surface area contributed by atoms with E-state index in [1.165, 1.54) is 0 Å². The van der Waals surface area contributed by atoms with Crippen molar-refractivity contribution in [3.05, 3.63) is 70.4 Å². The van der Waals surface area contributed by atoms with Crippen molar-refractivity contribution >= 4 is 0 Å². The monoisotopic (exact) mass is 417 g/mol. The maximum absolute atomic E-state index is 13.1. The van der Waals surface area contributed by atoms with Gasteiger partial charge in [0.15, 0.2) is 0 Å². The molecule has 0 aliphatic carbocycles. The first-order valence-electron chi connectivity index (χ1n) is 10.4. The van der Waals surface area contributed by atoms with Gasteiger partial charge < -0.3 is 0 Å².